The highest BCUT2D eigenvalue weighted by atomic mass is 16.5. The third kappa shape index (κ3) is 5.69. The number of hydrogen-bond acceptors (Lipinski definition) is 9. The lowest BCUT2D eigenvalue weighted by molar-refractivity contribution is -0.230. The fourth-order valence-corrected chi connectivity index (χ4v) is 3.78. The number of aromatic nitrogens is 3. The summed E-state index contributed by atoms with van der Waals surface area (Å²) >= 11 is 0. The Hall–Kier alpha value is -1.14. The van der Waals surface area contributed by atoms with Gasteiger partial charge in [0.1, 0.15) is 30.1 Å². The molecular formula is C18H32N4O6. The van der Waals surface area contributed by atoms with E-state index in [-0.39, 0.29) is 0 Å². The first kappa shape index (κ1) is 21.6. The molecule has 28 heavy (non-hydrogen) atoms. The first-order chi connectivity index (χ1) is 13.6. The highest BCUT2D eigenvalue weighted by molar-refractivity contribution is 4.92. The Morgan fingerprint density at radius 2 is 2.00 bits per heavy atom. The SMILES string of the molecule is OCC1OC(CCCCOCc2cn(CC3CCCN3)nn2)C(O)C(O)C1O. The molecular weight excluding hydrogens is 368 g/mol. The molecule has 1 aromatic heterocycles. The minimum atomic E-state index is -1.31. The van der Waals surface area contributed by atoms with Gasteiger partial charge in [-0.3, -0.25) is 4.68 Å². The van der Waals surface area contributed by atoms with Crippen molar-refractivity contribution in [1.82, 2.24) is 20.3 Å². The Kier molecular flexibility index (Phi) is 8.15. The van der Waals surface area contributed by atoms with Crippen LogP contribution in [0.2, 0.25) is 0 Å². The zero-order valence-electron chi connectivity index (χ0n) is 16.1. The molecule has 0 aromatic carbocycles. The molecule has 1 aromatic rings. The zero-order valence-corrected chi connectivity index (χ0v) is 16.1. The number of aliphatic hydroxyl groups excluding tert-OH is 4. The lowest BCUT2D eigenvalue weighted by atomic mass is 9.92. The molecule has 160 valence electrons. The second kappa shape index (κ2) is 10.6. The van der Waals surface area contributed by atoms with Crippen LogP contribution in [0, 0.1) is 0 Å². The van der Waals surface area contributed by atoms with Crippen LogP contribution in [0.3, 0.4) is 0 Å². The maximum atomic E-state index is 10.0. The highest BCUT2D eigenvalue weighted by Gasteiger charge is 2.42. The van der Waals surface area contributed by atoms with Crippen LogP contribution >= 0.6 is 0 Å². The molecule has 6 unspecified atom stereocenters. The summed E-state index contributed by atoms with van der Waals surface area (Å²) in [7, 11) is 0. The van der Waals surface area contributed by atoms with Crippen LogP contribution in [0.5, 0.6) is 0 Å². The first-order valence-corrected chi connectivity index (χ1v) is 10.1. The number of rotatable bonds is 10. The summed E-state index contributed by atoms with van der Waals surface area (Å²) in [5.41, 5.74) is 0.798. The average molecular weight is 400 g/mol. The van der Waals surface area contributed by atoms with E-state index < -0.39 is 37.1 Å². The molecule has 3 rings (SSSR count). The van der Waals surface area contributed by atoms with Gasteiger partial charge in [0.05, 0.1) is 32.1 Å². The normalized spacial score (nSPS) is 33.4. The molecule has 0 bridgehead atoms. The van der Waals surface area contributed by atoms with Gasteiger partial charge in [0.2, 0.25) is 0 Å². The molecule has 6 atom stereocenters. The number of nitrogens with zero attached hydrogens (tertiary/aromatic N) is 3. The molecule has 2 saturated heterocycles. The predicted molar refractivity (Wildman–Crippen MR) is 98.3 cm³/mol. The molecule has 2 aliphatic rings. The lowest BCUT2D eigenvalue weighted by Gasteiger charge is -2.40. The molecule has 10 heteroatoms. The van der Waals surface area contributed by atoms with Crippen molar-refractivity contribution in [3.63, 3.8) is 0 Å². The smallest absolute Gasteiger partial charge is 0.111 e. The van der Waals surface area contributed by atoms with Gasteiger partial charge in [-0.2, -0.15) is 0 Å². The van der Waals surface area contributed by atoms with Crippen LogP contribution in [0.4, 0.5) is 0 Å². The summed E-state index contributed by atoms with van der Waals surface area (Å²) in [6, 6.07) is 0.470. The van der Waals surface area contributed by atoms with Crippen LogP contribution in [-0.2, 0) is 22.6 Å². The molecule has 0 aliphatic carbocycles. The molecule has 3 heterocycles. The van der Waals surface area contributed by atoms with Crippen molar-refractivity contribution in [2.75, 3.05) is 19.8 Å². The van der Waals surface area contributed by atoms with Crippen molar-refractivity contribution in [2.24, 2.45) is 0 Å². The Balaban J connectivity index is 1.29. The van der Waals surface area contributed by atoms with E-state index >= 15 is 0 Å². The monoisotopic (exact) mass is 400 g/mol. The maximum Gasteiger partial charge on any atom is 0.111 e. The van der Waals surface area contributed by atoms with Gasteiger partial charge in [-0.15, -0.1) is 5.10 Å². The van der Waals surface area contributed by atoms with Crippen molar-refractivity contribution >= 4 is 0 Å². The summed E-state index contributed by atoms with van der Waals surface area (Å²) in [5, 5.41) is 50.5. The number of ether oxygens (including phenoxy) is 2. The Labute approximate surface area is 164 Å². The van der Waals surface area contributed by atoms with Gasteiger partial charge in [0.25, 0.3) is 0 Å². The number of nitrogens with one attached hydrogen (secondary N) is 1. The van der Waals surface area contributed by atoms with E-state index in [9.17, 15) is 20.4 Å². The maximum absolute atomic E-state index is 10.0. The Bertz CT molecular complexity index is 580. The Morgan fingerprint density at radius 1 is 1.18 bits per heavy atom. The molecule has 0 saturated carbocycles. The number of unbranched alkanes of at least 4 members (excludes halogenated alkanes) is 1. The lowest BCUT2D eigenvalue weighted by Crippen LogP contribution is -2.58. The van der Waals surface area contributed by atoms with E-state index in [0.717, 1.165) is 31.6 Å². The van der Waals surface area contributed by atoms with E-state index in [0.29, 0.717) is 25.7 Å². The second-order valence-electron chi connectivity index (χ2n) is 7.64. The molecule has 0 spiro atoms. The molecule has 0 radical (unpaired) electrons. The molecule has 2 aliphatic heterocycles. The van der Waals surface area contributed by atoms with Crippen molar-refractivity contribution in [2.45, 2.75) is 81.8 Å². The molecule has 5 N–H and O–H groups in total. The van der Waals surface area contributed by atoms with E-state index in [1.54, 1.807) is 0 Å². The van der Waals surface area contributed by atoms with E-state index in [1.165, 1.54) is 12.8 Å². The van der Waals surface area contributed by atoms with Gasteiger partial charge in [-0.1, -0.05) is 5.21 Å². The van der Waals surface area contributed by atoms with Gasteiger partial charge < -0.3 is 35.2 Å². The topological polar surface area (TPSA) is 142 Å². The zero-order chi connectivity index (χ0) is 19.9. The van der Waals surface area contributed by atoms with E-state index in [2.05, 4.69) is 15.6 Å². The fourth-order valence-electron chi connectivity index (χ4n) is 3.78. The van der Waals surface area contributed by atoms with Gasteiger partial charge >= 0.3 is 0 Å². The number of hydrogen-bond donors (Lipinski definition) is 5. The van der Waals surface area contributed by atoms with Crippen LogP contribution in [0.15, 0.2) is 6.20 Å². The van der Waals surface area contributed by atoms with E-state index in [4.69, 9.17) is 9.47 Å². The van der Waals surface area contributed by atoms with Crippen LogP contribution in [0.1, 0.15) is 37.8 Å². The number of aliphatic hydroxyl groups is 4. The van der Waals surface area contributed by atoms with Gasteiger partial charge in [-0.05, 0) is 38.6 Å². The molecule has 2 fully saturated rings. The summed E-state index contributed by atoms with van der Waals surface area (Å²) in [4.78, 5) is 0. The third-order valence-corrected chi connectivity index (χ3v) is 5.42. The summed E-state index contributed by atoms with van der Waals surface area (Å²) in [6.45, 7) is 2.43. The fraction of sp³-hybridized carbons (Fsp3) is 0.889. The summed E-state index contributed by atoms with van der Waals surface area (Å²) < 4.78 is 13.0. The molecule has 10 nitrogen and oxygen atoms in total. The van der Waals surface area contributed by atoms with Crippen molar-refractivity contribution < 1.29 is 29.9 Å². The summed E-state index contributed by atoms with van der Waals surface area (Å²) in [6.07, 6.45) is 1.04. The van der Waals surface area contributed by atoms with Crippen molar-refractivity contribution in [3.8, 4) is 0 Å². The van der Waals surface area contributed by atoms with Crippen molar-refractivity contribution in [3.05, 3.63) is 11.9 Å². The van der Waals surface area contributed by atoms with Crippen LogP contribution in [-0.4, -0.2) is 91.7 Å². The van der Waals surface area contributed by atoms with Gasteiger partial charge in [0, 0.05) is 12.6 Å². The van der Waals surface area contributed by atoms with Crippen LogP contribution < -0.4 is 5.32 Å². The van der Waals surface area contributed by atoms with Gasteiger partial charge in [0.15, 0.2) is 0 Å². The largest absolute Gasteiger partial charge is 0.394 e. The average Bonchev–Trinajstić information content (AvgIpc) is 3.37. The minimum Gasteiger partial charge on any atom is -0.394 e. The first-order valence-electron chi connectivity index (χ1n) is 10.1. The standard InChI is InChI=1S/C18H32N4O6/c23-10-15-17(25)18(26)16(24)14(28-15)5-1-2-7-27-11-13-9-22(21-20-13)8-12-4-3-6-19-12/h9,12,14-19,23-26H,1-8,10-11H2. The minimum absolute atomic E-state index is 0.401. The second-order valence-corrected chi connectivity index (χ2v) is 7.64. The quantitative estimate of drug-likeness (QED) is 0.298. The Morgan fingerprint density at radius 3 is 2.75 bits per heavy atom. The van der Waals surface area contributed by atoms with Crippen LogP contribution in [0.25, 0.3) is 0 Å². The summed E-state index contributed by atoms with van der Waals surface area (Å²) in [5.74, 6) is 0. The highest BCUT2D eigenvalue weighted by Crippen LogP contribution is 2.24. The van der Waals surface area contributed by atoms with Crippen molar-refractivity contribution in [1.29, 1.82) is 0 Å². The molecule has 0 amide bonds. The van der Waals surface area contributed by atoms with Gasteiger partial charge in [-0.25, -0.2) is 0 Å². The predicted octanol–water partition coefficient (Wildman–Crippen LogP) is -1.44. The third-order valence-electron chi connectivity index (χ3n) is 5.42. The van der Waals surface area contributed by atoms with E-state index in [1.807, 2.05) is 10.9 Å².